The lowest BCUT2D eigenvalue weighted by Gasteiger charge is -2.35. The summed E-state index contributed by atoms with van der Waals surface area (Å²) >= 11 is 0. The number of nitrogens with zero attached hydrogens (tertiary/aromatic N) is 1. The van der Waals surface area contributed by atoms with Gasteiger partial charge in [-0.25, -0.2) is 0 Å². The molecule has 0 amide bonds. The van der Waals surface area contributed by atoms with Gasteiger partial charge in [0.05, 0.1) is 0 Å². The maximum absolute atomic E-state index is 3.57. The molecule has 0 aromatic heterocycles. The second-order valence-corrected chi connectivity index (χ2v) is 6.48. The summed E-state index contributed by atoms with van der Waals surface area (Å²) in [5.74, 6) is 0. The van der Waals surface area contributed by atoms with E-state index in [1.165, 1.54) is 51.6 Å². The molecule has 2 heteroatoms. The monoisotopic (exact) mass is 240 g/mol. The minimum Gasteiger partial charge on any atom is -0.312 e. The minimum atomic E-state index is 0.275. The van der Waals surface area contributed by atoms with Crippen molar-refractivity contribution in [2.24, 2.45) is 0 Å². The first-order chi connectivity index (χ1) is 8.03. The van der Waals surface area contributed by atoms with Gasteiger partial charge in [0.2, 0.25) is 0 Å². The van der Waals surface area contributed by atoms with Crippen LogP contribution >= 0.6 is 0 Å². The lowest BCUT2D eigenvalue weighted by atomic mass is 9.99. The van der Waals surface area contributed by atoms with Crippen molar-refractivity contribution in [3.05, 3.63) is 0 Å². The highest BCUT2D eigenvalue weighted by molar-refractivity contribution is 4.76. The van der Waals surface area contributed by atoms with Crippen LogP contribution in [0, 0.1) is 0 Å². The van der Waals surface area contributed by atoms with Gasteiger partial charge in [0.15, 0.2) is 0 Å². The summed E-state index contributed by atoms with van der Waals surface area (Å²) in [6.07, 6.45) is 8.28. The molecule has 0 spiro atoms. The number of piperidine rings is 1. The Morgan fingerprint density at radius 1 is 1.18 bits per heavy atom. The molecule has 102 valence electrons. The Morgan fingerprint density at radius 3 is 2.59 bits per heavy atom. The molecule has 0 aromatic rings. The van der Waals surface area contributed by atoms with Gasteiger partial charge in [-0.15, -0.1) is 0 Å². The molecule has 1 N–H and O–H groups in total. The summed E-state index contributed by atoms with van der Waals surface area (Å²) in [5, 5.41) is 3.57. The zero-order valence-electron chi connectivity index (χ0n) is 12.4. The van der Waals surface area contributed by atoms with Crippen LogP contribution in [0.25, 0.3) is 0 Å². The summed E-state index contributed by atoms with van der Waals surface area (Å²) in [6.45, 7) is 12.9. The van der Waals surface area contributed by atoms with Crippen LogP contribution in [0.4, 0.5) is 0 Å². The molecule has 1 heterocycles. The van der Waals surface area contributed by atoms with E-state index in [0.29, 0.717) is 0 Å². The average Bonchev–Trinajstić information content (AvgIpc) is 2.27. The third-order valence-electron chi connectivity index (χ3n) is 3.75. The second-order valence-electron chi connectivity index (χ2n) is 6.48. The van der Waals surface area contributed by atoms with Gasteiger partial charge in [0.25, 0.3) is 0 Å². The topological polar surface area (TPSA) is 15.3 Å². The molecule has 0 bridgehead atoms. The third kappa shape index (κ3) is 6.42. The predicted octanol–water partition coefficient (Wildman–Crippen LogP) is 3.42. The number of nitrogens with one attached hydrogen (secondary N) is 1. The van der Waals surface area contributed by atoms with Crippen LogP contribution < -0.4 is 5.32 Å². The lowest BCUT2D eigenvalue weighted by molar-refractivity contribution is 0.141. The van der Waals surface area contributed by atoms with Crippen molar-refractivity contribution in [3.63, 3.8) is 0 Å². The van der Waals surface area contributed by atoms with Crippen LogP contribution in [0.15, 0.2) is 0 Å². The molecule has 1 unspecified atom stereocenters. The Balaban J connectivity index is 2.08. The summed E-state index contributed by atoms with van der Waals surface area (Å²) < 4.78 is 0. The SMILES string of the molecule is CCC1CCCCN1CCCCNC(C)(C)C. The van der Waals surface area contributed by atoms with Crippen molar-refractivity contribution in [2.45, 2.75) is 77.8 Å². The van der Waals surface area contributed by atoms with Gasteiger partial charge in [0.1, 0.15) is 0 Å². The van der Waals surface area contributed by atoms with Crippen molar-refractivity contribution in [2.75, 3.05) is 19.6 Å². The first-order valence-electron chi connectivity index (χ1n) is 7.52. The number of hydrogen-bond acceptors (Lipinski definition) is 2. The molecular formula is C15H32N2. The van der Waals surface area contributed by atoms with E-state index < -0.39 is 0 Å². The van der Waals surface area contributed by atoms with Crippen LogP contribution in [-0.2, 0) is 0 Å². The average molecular weight is 240 g/mol. The van der Waals surface area contributed by atoms with Crippen LogP contribution in [0.2, 0.25) is 0 Å². The fourth-order valence-electron chi connectivity index (χ4n) is 2.72. The van der Waals surface area contributed by atoms with Crippen molar-refractivity contribution in [3.8, 4) is 0 Å². The van der Waals surface area contributed by atoms with E-state index in [-0.39, 0.29) is 5.54 Å². The van der Waals surface area contributed by atoms with E-state index in [1.807, 2.05) is 0 Å². The molecule has 0 aliphatic carbocycles. The van der Waals surface area contributed by atoms with E-state index in [1.54, 1.807) is 0 Å². The fraction of sp³-hybridized carbons (Fsp3) is 1.00. The zero-order valence-corrected chi connectivity index (χ0v) is 12.4. The standard InChI is InChI=1S/C15H32N2/c1-5-14-10-6-8-12-17(14)13-9-7-11-16-15(2,3)4/h14,16H,5-13H2,1-4H3. The Hall–Kier alpha value is -0.0800. The van der Waals surface area contributed by atoms with Crippen molar-refractivity contribution in [1.29, 1.82) is 0 Å². The van der Waals surface area contributed by atoms with Crippen LogP contribution in [0.5, 0.6) is 0 Å². The Bertz CT molecular complexity index is 196. The van der Waals surface area contributed by atoms with Gasteiger partial charge in [-0.1, -0.05) is 13.3 Å². The van der Waals surface area contributed by atoms with Gasteiger partial charge in [-0.2, -0.15) is 0 Å². The predicted molar refractivity (Wildman–Crippen MR) is 76.5 cm³/mol. The molecule has 1 fully saturated rings. The molecule has 1 rings (SSSR count). The highest BCUT2D eigenvalue weighted by Crippen LogP contribution is 2.19. The first kappa shape index (κ1) is 15.0. The maximum atomic E-state index is 3.57. The quantitative estimate of drug-likeness (QED) is 0.716. The zero-order chi connectivity index (χ0) is 12.7. The van der Waals surface area contributed by atoms with Crippen LogP contribution in [0.1, 0.15) is 66.2 Å². The van der Waals surface area contributed by atoms with E-state index in [2.05, 4.69) is 37.9 Å². The highest BCUT2D eigenvalue weighted by Gasteiger charge is 2.19. The van der Waals surface area contributed by atoms with Crippen molar-refractivity contribution in [1.82, 2.24) is 10.2 Å². The molecule has 2 nitrogen and oxygen atoms in total. The number of likely N-dealkylation sites (tertiary alicyclic amines) is 1. The van der Waals surface area contributed by atoms with E-state index in [9.17, 15) is 0 Å². The van der Waals surface area contributed by atoms with Gasteiger partial charge < -0.3 is 10.2 Å². The number of rotatable bonds is 6. The first-order valence-corrected chi connectivity index (χ1v) is 7.52. The molecular weight excluding hydrogens is 208 g/mol. The highest BCUT2D eigenvalue weighted by atomic mass is 15.2. The Kier molecular flexibility index (Phi) is 6.50. The van der Waals surface area contributed by atoms with Crippen LogP contribution in [0.3, 0.4) is 0 Å². The summed E-state index contributed by atoms with van der Waals surface area (Å²) in [6, 6.07) is 0.874. The lowest BCUT2D eigenvalue weighted by Crippen LogP contribution is -2.40. The van der Waals surface area contributed by atoms with Crippen molar-refractivity contribution < 1.29 is 0 Å². The van der Waals surface area contributed by atoms with Gasteiger partial charge in [-0.05, 0) is 72.5 Å². The third-order valence-corrected chi connectivity index (χ3v) is 3.75. The number of unbranched alkanes of at least 4 members (excludes halogenated alkanes) is 1. The van der Waals surface area contributed by atoms with Crippen molar-refractivity contribution >= 4 is 0 Å². The molecule has 17 heavy (non-hydrogen) atoms. The number of hydrogen-bond donors (Lipinski definition) is 1. The maximum Gasteiger partial charge on any atom is 0.00965 e. The van der Waals surface area contributed by atoms with E-state index >= 15 is 0 Å². The van der Waals surface area contributed by atoms with E-state index in [4.69, 9.17) is 0 Å². The van der Waals surface area contributed by atoms with Gasteiger partial charge in [0, 0.05) is 11.6 Å². The minimum absolute atomic E-state index is 0.275. The summed E-state index contributed by atoms with van der Waals surface area (Å²) in [4.78, 5) is 2.72. The van der Waals surface area contributed by atoms with E-state index in [0.717, 1.165) is 12.6 Å². The molecule has 1 aliphatic rings. The summed E-state index contributed by atoms with van der Waals surface area (Å²) in [7, 11) is 0. The smallest absolute Gasteiger partial charge is 0.00965 e. The van der Waals surface area contributed by atoms with Gasteiger partial charge in [-0.3, -0.25) is 0 Å². The van der Waals surface area contributed by atoms with Gasteiger partial charge >= 0.3 is 0 Å². The fourth-order valence-corrected chi connectivity index (χ4v) is 2.72. The molecule has 1 atom stereocenters. The molecule has 1 saturated heterocycles. The molecule has 0 aromatic carbocycles. The largest absolute Gasteiger partial charge is 0.312 e. The van der Waals surface area contributed by atoms with Crippen LogP contribution in [-0.4, -0.2) is 36.1 Å². The normalized spacial score (nSPS) is 22.9. The molecule has 0 saturated carbocycles. The Morgan fingerprint density at radius 2 is 1.94 bits per heavy atom. The second kappa shape index (κ2) is 7.38. The molecule has 1 aliphatic heterocycles. The summed E-state index contributed by atoms with van der Waals surface area (Å²) in [5.41, 5.74) is 0.275. The Labute approximate surface area is 108 Å². The molecule has 0 radical (unpaired) electrons.